The molecule has 0 amide bonds. The van der Waals surface area contributed by atoms with Crippen LogP contribution in [0.3, 0.4) is 0 Å². The average Bonchev–Trinajstić information content (AvgIpc) is 2.63. The molecular formula is C10H11NO. The van der Waals surface area contributed by atoms with Gasteiger partial charge in [-0.3, -0.25) is 4.99 Å². The molecule has 0 N–H and O–H groups in total. The van der Waals surface area contributed by atoms with Crippen LogP contribution in [0.4, 0.5) is 0 Å². The van der Waals surface area contributed by atoms with E-state index < -0.39 is 0 Å². The number of rotatable bonds is 1. The van der Waals surface area contributed by atoms with Crippen molar-refractivity contribution in [1.82, 2.24) is 0 Å². The molecule has 1 aliphatic heterocycles. The largest absolute Gasteiger partial charge is 0.462 e. The van der Waals surface area contributed by atoms with Crippen LogP contribution < -0.4 is 0 Å². The van der Waals surface area contributed by atoms with Crippen LogP contribution in [-0.2, 0) is 0 Å². The highest BCUT2D eigenvalue weighted by Gasteiger charge is 2.01. The van der Waals surface area contributed by atoms with Crippen LogP contribution in [0.2, 0.25) is 0 Å². The monoisotopic (exact) mass is 161 g/mol. The van der Waals surface area contributed by atoms with Gasteiger partial charge in [-0.1, -0.05) is 0 Å². The fourth-order valence-electron chi connectivity index (χ4n) is 1.26. The Morgan fingerprint density at radius 2 is 2.42 bits per heavy atom. The summed E-state index contributed by atoms with van der Waals surface area (Å²) in [6.45, 7) is 2.87. The number of aryl methyl sites for hydroxylation is 1. The van der Waals surface area contributed by atoms with Crippen molar-refractivity contribution in [2.45, 2.75) is 13.3 Å². The van der Waals surface area contributed by atoms with Crippen molar-refractivity contribution in [3.63, 3.8) is 0 Å². The molecule has 0 saturated carbocycles. The molecule has 2 nitrogen and oxygen atoms in total. The van der Waals surface area contributed by atoms with Gasteiger partial charge >= 0.3 is 0 Å². The highest BCUT2D eigenvalue weighted by atomic mass is 16.3. The van der Waals surface area contributed by atoms with E-state index >= 15 is 0 Å². The minimum atomic E-state index is 0.922. The zero-order valence-corrected chi connectivity index (χ0v) is 7.08. The van der Waals surface area contributed by atoms with Crippen molar-refractivity contribution in [1.29, 1.82) is 0 Å². The minimum absolute atomic E-state index is 0.922. The van der Waals surface area contributed by atoms with Crippen molar-refractivity contribution in [2.75, 3.05) is 6.54 Å². The summed E-state index contributed by atoms with van der Waals surface area (Å²) in [5.74, 6) is 1.88. The van der Waals surface area contributed by atoms with E-state index in [1.54, 1.807) is 0 Å². The molecule has 0 unspecified atom stereocenters. The molecule has 0 atom stereocenters. The van der Waals surface area contributed by atoms with E-state index in [0.717, 1.165) is 24.5 Å². The van der Waals surface area contributed by atoms with Crippen LogP contribution in [0.5, 0.6) is 0 Å². The normalized spacial score (nSPS) is 19.2. The topological polar surface area (TPSA) is 25.5 Å². The van der Waals surface area contributed by atoms with Crippen LogP contribution in [0.1, 0.15) is 17.9 Å². The second kappa shape index (κ2) is 2.97. The average molecular weight is 161 g/mol. The van der Waals surface area contributed by atoms with Crippen LogP contribution >= 0.6 is 0 Å². The van der Waals surface area contributed by atoms with Gasteiger partial charge < -0.3 is 4.42 Å². The Kier molecular flexibility index (Phi) is 1.82. The molecule has 1 aromatic heterocycles. The summed E-state index contributed by atoms with van der Waals surface area (Å²) in [6.07, 6.45) is 5.00. The Morgan fingerprint density at radius 3 is 3.00 bits per heavy atom. The van der Waals surface area contributed by atoms with E-state index in [1.165, 1.54) is 5.57 Å². The maximum absolute atomic E-state index is 5.41. The molecule has 0 radical (unpaired) electrons. The highest BCUT2D eigenvalue weighted by molar-refractivity contribution is 5.86. The molecule has 62 valence electrons. The molecular weight excluding hydrogens is 150 g/mol. The molecule has 0 saturated heterocycles. The summed E-state index contributed by atoms with van der Waals surface area (Å²) in [5.41, 5.74) is 1.25. The molecule has 0 aliphatic carbocycles. The van der Waals surface area contributed by atoms with Crippen molar-refractivity contribution in [3.05, 3.63) is 29.2 Å². The third kappa shape index (κ3) is 1.47. The van der Waals surface area contributed by atoms with Gasteiger partial charge in [0.25, 0.3) is 0 Å². The van der Waals surface area contributed by atoms with E-state index in [-0.39, 0.29) is 0 Å². The predicted octanol–water partition coefficient (Wildman–Crippen LogP) is 2.45. The summed E-state index contributed by atoms with van der Waals surface area (Å²) in [7, 11) is 0. The molecule has 0 fully saturated rings. The standard InChI is InChI=1S/C10H11NO/c1-8-2-3-10(12-8)6-9-4-5-11-7-9/h2-3,6-7H,4-5H2,1H3. The maximum Gasteiger partial charge on any atom is 0.127 e. The van der Waals surface area contributed by atoms with E-state index in [1.807, 2.05) is 31.3 Å². The zero-order chi connectivity index (χ0) is 8.39. The van der Waals surface area contributed by atoms with E-state index in [2.05, 4.69) is 4.99 Å². The Labute approximate surface area is 71.6 Å². The third-order valence-electron chi connectivity index (χ3n) is 1.88. The van der Waals surface area contributed by atoms with Gasteiger partial charge in [-0.2, -0.15) is 0 Å². The molecule has 1 aliphatic rings. The molecule has 0 aromatic carbocycles. The molecule has 12 heavy (non-hydrogen) atoms. The Hall–Kier alpha value is -1.31. The zero-order valence-electron chi connectivity index (χ0n) is 7.08. The second-order valence-electron chi connectivity index (χ2n) is 2.95. The van der Waals surface area contributed by atoms with Crippen molar-refractivity contribution < 1.29 is 4.42 Å². The van der Waals surface area contributed by atoms with Crippen molar-refractivity contribution in [3.8, 4) is 0 Å². The lowest BCUT2D eigenvalue weighted by Gasteiger charge is -1.88. The predicted molar refractivity (Wildman–Crippen MR) is 49.4 cm³/mol. The third-order valence-corrected chi connectivity index (χ3v) is 1.88. The van der Waals surface area contributed by atoms with Crippen LogP contribution in [0, 0.1) is 6.92 Å². The maximum atomic E-state index is 5.41. The minimum Gasteiger partial charge on any atom is -0.462 e. The molecule has 2 heterocycles. The molecule has 2 rings (SSSR count). The van der Waals surface area contributed by atoms with Gasteiger partial charge in [0.2, 0.25) is 0 Å². The van der Waals surface area contributed by atoms with Gasteiger partial charge in [-0.15, -0.1) is 0 Å². The first kappa shape index (κ1) is 7.35. The Balaban J connectivity index is 2.21. The van der Waals surface area contributed by atoms with Crippen LogP contribution in [0.25, 0.3) is 6.08 Å². The lowest BCUT2D eigenvalue weighted by atomic mass is 10.2. The van der Waals surface area contributed by atoms with E-state index in [0.29, 0.717) is 0 Å². The van der Waals surface area contributed by atoms with Gasteiger partial charge in [0.05, 0.1) is 0 Å². The summed E-state index contributed by atoms with van der Waals surface area (Å²) in [5, 5.41) is 0. The van der Waals surface area contributed by atoms with Crippen LogP contribution in [-0.4, -0.2) is 12.8 Å². The Bertz CT molecular complexity index is 333. The summed E-state index contributed by atoms with van der Waals surface area (Å²) >= 11 is 0. The smallest absolute Gasteiger partial charge is 0.127 e. The first-order valence-corrected chi connectivity index (χ1v) is 4.11. The number of nitrogens with zero attached hydrogens (tertiary/aromatic N) is 1. The first-order chi connectivity index (χ1) is 5.84. The molecule has 0 spiro atoms. The van der Waals surface area contributed by atoms with E-state index in [4.69, 9.17) is 4.42 Å². The fraction of sp³-hybridized carbons (Fsp3) is 0.300. The highest BCUT2D eigenvalue weighted by Crippen LogP contribution is 2.14. The number of furan rings is 1. The SMILES string of the molecule is Cc1ccc(C=C2C=NCC2)o1. The first-order valence-electron chi connectivity index (χ1n) is 4.11. The number of hydrogen-bond acceptors (Lipinski definition) is 2. The summed E-state index contributed by atoms with van der Waals surface area (Å²) < 4.78 is 5.41. The number of hydrogen-bond donors (Lipinski definition) is 0. The summed E-state index contributed by atoms with van der Waals surface area (Å²) in [4.78, 5) is 4.13. The summed E-state index contributed by atoms with van der Waals surface area (Å²) in [6, 6.07) is 3.95. The molecule has 2 heteroatoms. The van der Waals surface area contributed by atoms with Gasteiger partial charge in [0.15, 0.2) is 0 Å². The lowest BCUT2D eigenvalue weighted by Crippen LogP contribution is -1.76. The quantitative estimate of drug-likeness (QED) is 0.621. The Morgan fingerprint density at radius 1 is 1.50 bits per heavy atom. The van der Waals surface area contributed by atoms with E-state index in [9.17, 15) is 0 Å². The van der Waals surface area contributed by atoms with Crippen molar-refractivity contribution >= 4 is 12.3 Å². The van der Waals surface area contributed by atoms with Gasteiger partial charge in [-0.05, 0) is 37.1 Å². The van der Waals surface area contributed by atoms with Crippen LogP contribution in [0.15, 0.2) is 27.1 Å². The van der Waals surface area contributed by atoms with Gasteiger partial charge in [0, 0.05) is 12.8 Å². The lowest BCUT2D eigenvalue weighted by molar-refractivity contribution is 0.525. The fourth-order valence-corrected chi connectivity index (χ4v) is 1.26. The van der Waals surface area contributed by atoms with Crippen molar-refractivity contribution in [2.24, 2.45) is 4.99 Å². The number of aliphatic imine (C=N–C) groups is 1. The molecule has 1 aromatic rings. The molecule has 0 bridgehead atoms. The second-order valence-corrected chi connectivity index (χ2v) is 2.95. The van der Waals surface area contributed by atoms with Gasteiger partial charge in [-0.25, -0.2) is 0 Å². The van der Waals surface area contributed by atoms with Gasteiger partial charge in [0.1, 0.15) is 11.5 Å².